The van der Waals surface area contributed by atoms with Crippen LogP contribution in [0.3, 0.4) is 0 Å². The summed E-state index contributed by atoms with van der Waals surface area (Å²) in [6, 6.07) is 7.05. The predicted octanol–water partition coefficient (Wildman–Crippen LogP) is 1.88. The van der Waals surface area contributed by atoms with Crippen molar-refractivity contribution in [2.45, 2.75) is 0 Å². The van der Waals surface area contributed by atoms with E-state index in [1.54, 1.807) is 24.3 Å². The first-order valence-electron chi connectivity index (χ1n) is 3.26. The van der Waals surface area contributed by atoms with Gasteiger partial charge in [0.15, 0.2) is 0 Å². The molecule has 0 spiro atoms. The third kappa shape index (κ3) is 1.81. The van der Waals surface area contributed by atoms with Crippen LogP contribution in [0.15, 0.2) is 24.3 Å². The van der Waals surface area contributed by atoms with E-state index < -0.39 is 0 Å². The van der Waals surface area contributed by atoms with Gasteiger partial charge in [-0.3, -0.25) is 5.41 Å². The van der Waals surface area contributed by atoms with E-state index in [2.05, 4.69) is 0 Å². The van der Waals surface area contributed by atoms with Crippen LogP contribution >= 0.6 is 23.8 Å². The van der Waals surface area contributed by atoms with Gasteiger partial charge in [-0.15, -0.1) is 0 Å². The highest BCUT2D eigenvalue weighted by Gasteiger charge is 2.05. The van der Waals surface area contributed by atoms with Crippen molar-refractivity contribution < 1.29 is 0 Å². The second-order valence-electron chi connectivity index (χ2n) is 2.22. The Bertz CT molecular complexity index is 303. The van der Waals surface area contributed by atoms with Crippen LogP contribution in [0.25, 0.3) is 0 Å². The molecule has 0 unspecified atom stereocenters. The van der Waals surface area contributed by atoms with Crippen molar-refractivity contribution in [1.29, 1.82) is 5.41 Å². The normalized spacial score (nSPS) is 9.42. The molecule has 0 heterocycles. The Morgan fingerprint density at radius 2 is 1.83 bits per heavy atom. The zero-order valence-electron chi connectivity index (χ0n) is 6.17. The zero-order chi connectivity index (χ0) is 9.14. The van der Waals surface area contributed by atoms with Crippen molar-refractivity contribution in [3.05, 3.63) is 35.4 Å². The van der Waals surface area contributed by atoms with Gasteiger partial charge in [-0.05, 0) is 0 Å². The highest BCUT2D eigenvalue weighted by Crippen LogP contribution is 2.10. The van der Waals surface area contributed by atoms with Gasteiger partial charge in [0.1, 0.15) is 10.2 Å². The van der Waals surface area contributed by atoms with Gasteiger partial charge in [0.2, 0.25) is 0 Å². The van der Waals surface area contributed by atoms with Crippen LogP contribution in [0, 0.1) is 5.41 Å². The first-order chi connectivity index (χ1) is 5.63. The molecule has 0 radical (unpaired) electrons. The second-order valence-corrected chi connectivity index (χ2v) is 3.04. The molecule has 0 saturated carbocycles. The van der Waals surface area contributed by atoms with E-state index in [9.17, 15) is 0 Å². The number of hydrogen-bond acceptors (Lipinski definition) is 2. The van der Waals surface area contributed by atoms with E-state index >= 15 is 0 Å². The molecule has 2 nitrogen and oxygen atoms in total. The Morgan fingerprint density at radius 1 is 1.33 bits per heavy atom. The largest absolute Gasteiger partial charge is 0.389 e. The lowest BCUT2D eigenvalue weighted by molar-refractivity contribution is 1.50. The lowest BCUT2D eigenvalue weighted by atomic mass is 10.1. The summed E-state index contributed by atoms with van der Waals surface area (Å²) in [4.78, 5) is 0.260. The minimum absolute atomic E-state index is 0.0431. The van der Waals surface area contributed by atoms with Gasteiger partial charge < -0.3 is 5.73 Å². The van der Waals surface area contributed by atoms with Crippen LogP contribution in [0.4, 0.5) is 0 Å². The molecule has 0 fully saturated rings. The fraction of sp³-hybridized carbons (Fsp3) is 0. The van der Waals surface area contributed by atoms with E-state index in [1.807, 2.05) is 0 Å². The molecule has 62 valence electrons. The SMILES string of the molecule is N=C(Cl)c1ccccc1C(N)=S. The topological polar surface area (TPSA) is 49.9 Å². The summed E-state index contributed by atoms with van der Waals surface area (Å²) >= 11 is 10.3. The lowest BCUT2D eigenvalue weighted by Crippen LogP contribution is -2.13. The van der Waals surface area contributed by atoms with Crippen LogP contribution in [-0.4, -0.2) is 10.2 Å². The second kappa shape index (κ2) is 3.65. The number of nitrogens with one attached hydrogen (secondary N) is 1. The first-order valence-corrected chi connectivity index (χ1v) is 4.05. The van der Waals surface area contributed by atoms with Gasteiger partial charge >= 0.3 is 0 Å². The van der Waals surface area contributed by atoms with Gasteiger partial charge in [0.05, 0.1) is 0 Å². The number of rotatable bonds is 2. The fourth-order valence-electron chi connectivity index (χ4n) is 0.889. The van der Waals surface area contributed by atoms with Gasteiger partial charge in [-0.25, -0.2) is 0 Å². The Morgan fingerprint density at radius 3 is 2.17 bits per heavy atom. The fourth-order valence-corrected chi connectivity index (χ4v) is 1.23. The third-order valence-electron chi connectivity index (χ3n) is 1.43. The average Bonchev–Trinajstić information content (AvgIpc) is 2.04. The summed E-state index contributed by atoms with van der Waals surface area (Å²) in [6.45, 7) is 0. The van der Waals surface area contributed by atoms with E-state index in [4.69, 9.17) is 35.0 Å². The molecule has 0 bridgehead atoms. The van der Waals surface area contributed by atoms with Gasteiger partial charge in [-0.2, -0.15) is 0 Å². The first kappa shape index (κ1) is 9.16. The molecule has 1 aromatic carbocycles. The molecule has 12 heavy (non-hydrogen) atoms. The summed E-state index contributed by atoms with van der Waals surface area (Å²) < 4.78 is 0. The number of thiocarbonyl (C=S) groups is 1. The Balaban J connectivity index is 3.27. The summed E-state index contributed by atoms with van der Waals surface area (Å²) in [5, 5.41) is 7.18. The van der Waals surface area contributed by atoms with Gasteiger partial charge in [-0.1, -0.05) is 48.1 Å². The summed E-state index contributed by atoms with van der Waals surface area (Å²) in [5.74, 6) is 0. The Hall–Kier alpha value is -0.930. The van der Waals surface area contributed by atoms with Crippen LogP contribution in [0.5, 0.6) is 0 Å². The lowest BCUT2D eigenvalue weighted by Gasteiger charge is -2.03. The molecular weight excluding hydrogens is 192 g/mol. The van der Waals surface area contributed by atoms with Crippen molar-refractivity contribution in [2.75, 3.05) is 0 Å². The van der Waals surface area contributed by atoms with E-state index in [1.165, 1.54) is 0 Å². The Kier molecular flexibility index (Phi) is 2.78. The van der Waals surface area contributed by atoms with E-state index in [0.29, 0.717) is 11.1 Å². The zero-order valence-corrected chi connectivity index (χ0v) is 7.75. The van der Waals surface area contributed by atoms with Crippen molar-refractivity contribution in [1.82, 2.24) is 0 Å². The van der Waals surface area contributed by atoms with E-state index in [0.717, 1.165) is 0 Å². The highest BCUT2D eigenvalue weighted by molar-refractivity contribution is 7.80. The number of halogens is 1. The smallest absolute Gasteiger partial charge is 0.128 e. The average molecular weight is 199 g/mol. The molecule has 1 aromatic rings. The number of nitrogens with two attached hydrogens (primary N) is 1. The standard InChI is InChI=1S/C8H7ClN2S/c9-7(10)5-3-1-2-4-6(5)8(11)12/h1-4,10H,(H2,11,12). The van der Waals surface area contributed by atoms with Crippen molar-refractivity contribution in [3.8, 4) is 0 Å². The monoisotopic (exact) mass is 198 g/mol. The molecule has 4 heteroatoms. The summed E-state index contributed by atoms with van der Waals surface area (Å²) in [6.07, 6.45) is 0. The maximum atomic E-state index is 7.22. The van der Waals surface area contributed by atoms with Crippen LogP contribution in [0.1, 0.15) is 11.1 Å². The van der Waals surface area contributed by atoms with Crippen molar-refractivity contribution in [2.24, 2.45) is 5.73 Å². The van der Waals surface area contributed by atoms with Gasteiger partial charge in [0, 0.05) is 11.1 Å². The molecular formula is C8H7ClN2S. The molecule has 0 aliphatic rings. The molecule has 0 amide bonds. The molecule has 0 aliphatic heterocycles. The Labute approximate surface area is 80.8 Å². The van der Waals surface area contributed by atoms with Crippen LogP contribution in [-0.2, 0) is 0 Å². The summed E-state index contributed by atoms with van der Waals surface area (Å²) in [5.41, 5.74) is 6.65. The quantitative estimate of drug-likeness (QED) is 0.563. The number of benzene rings is 1. The van der Waals surface area contributed by atoms with Gasteiger partial charge in [0.25, 0.3) is 0 Å². The highest BCUT2D eigenvalue weighted by atomic mass is 35.5. The maximum Gasteiger partial charge on any atom is 0.128 e. The van der Waals surface area contributed by atoms with Crippen LogP contribution in [0.2, 0.25) is 0 Å². The molecule has 1 rings (SSSR count). The molecule has 0 aromatic heterocycles. The van der Waals surface area contributed by atoms with Crippen LogP contribution < -0.4 is 5.73 Å². The molecule has 3 N–H and O–H groups in total. The minimum atomic E-state index is -0.0431. The number of hydrogen-bond donors (Lipinski definition) is 2. The van der Waals surface area contributed by atoms with E-state index in [-0.39, 0.29) is 10.2 Å². The maximum absolute atomic E-state index is 7.22. The summed E-state index contributed by atoms with van der Waals surface area (Å²) in [7, 11) is 0. The predicted molar refractivity (Wildman–Crippen MR) is 55.0 cm³/mol. The minimum Gasteiger partial charge on any atom is -0.389 e. The molecule has 0 aliphatic carbocycles. The van der Waals surface area contributed by atoms with Crippen molar-refractivity contribution in [3.63, 3.8) is 0 Å². The van der Waals surface area contributed by atoms with Crippen molar-refractivity contribution >= 4 is 34.0 Å². The third-order valence-corrected chi connectivity index (χ3v) is 1.85. The molecule has 0 saturated heterocycles. The molecule has 0 atom stereocenters.